The van der Waals surface area contributed by atoms with Crippen LogP contribution < -0.4 is 0 Å². The molecule has 5 heteroatoms. The number of alkyl halides is 2. The fourth-order valence-corrected chi connectivity index (χ4v) is 2.94. The highest BCUT2D eigenvalue weighted by atomic mass is 19.3. The summed E-state index contributed by atoms with van der Waals surface area (Å²) in [7, 11) is 0. The van der Waals surface area contributed by atoms with Crippen LogP contribution in [0.25, 0.3) is 0 Å². The Kier molecular flexibility index (Phi) is 15.5. The second kappa shape index (κ2) is 16.9. The summed E-state index contributed by atoms with van der Waals surface area (Å²) < 4.78 is 24.7. The Labute approximate surface area is 199 Å². The molecule has 0 spiro atoms. The third-order valence-corrected chi connectivity index (χ3v) is 4.85. The van der Waals surface area contributed by atoms with Gasteiger partial charge in [-0.1, -0.05) is 66.7 Å². The van der Waals surface area contributed by atoms with E-state index >= 15 is 0 Å². The highest BCUT2D eigenvalue weighted by Gasteiger charge is 2.15. The van der Waals surface area contributed by atoms with Gasteiger partial charge in [-0.2, -0.15) is 0 Å². The second-order valence-electron chi connectivity index (χ2n) is 7.89. The molecule has 0 unspecified atom stereocenters. The molecule has 0 radical (unpaired) electrons. The minimum atomic E-state index is -2.47. The summed E-state index contributed by atoms with van der Waals surface area (Å²) in [4.78, 5) is 12.0. The molecule has 3 rings (SSSR count). The number of nitrogens with zero attached hydrogens (tertiary/aromatic N) is 3. The van der Waals surface area contributed by atoms with Crippen LogP contribution in [0.3, 0.4) is 0 Å². The predicted molar refractivity (Wildman–Crippen MR) is 136 cm³/mol. The molecular formula is C28H41F2N3. The van der Waals surface area contributed by atoms with Crippen LogP contribution >= 0.6 is 0 Å². The van der Waals surface area contributed by atoms with Crippen LogP contribution in [0.2, 0.25) is 0 Å². The topological polar surface area (TPSA) is 38.7 Å². The summed E-state index contributed by atoms with van der Waals surface area (Å²) in [5.74, 6) is 0.696. The van der Waals surface area contributed by atoms with E-state index in [4.69, 9.17) is 0 Å². The van der Waals surface area contributed by atoms with Crippen molar-refractivity contribution in [2.75, 3.05) is 0 Å². The molecule has 3 aromatic heterocycles. The van der Waals surface area contributed by atoms with Crippen molar-refractivity contribution in [2.24, 2.45) is 0 Å². The normalized spacial score (nSPS) is 10.0. The number of aromatic nitrogens is 3. The number of rotatable bonds is 4. The molecule has 0 amide bonds. The lowest BCUT2D eigenvalue weighted by molar-refractivity contribution is 0.144. The maximum atomic E-state index is 12.3. The number of hydrogen-bond donors (Lipinski definition) is 0. The molecule has 0 aliphatic carbocycles. The Morgan fingerprint density at radius 3 is 1.58 bits per heavy atom. The Morgan fingerprint density at radius 1 is 0.727 bits per heavy atom. The molecule has 3 aromatic rings. The third-order valence-electron chi connectivity index (χ3n) is 4.85. The van der Waals surface area contributed by atoms with Crippen molar-refractivity contribution in [1.82, 2.24) is 15.0 Å². The third kappa shape index (κ3) is 11.1. The SMILES string of the molecule is CC.CC(C)c1cccnc1C(F)F.CCc1ncccc1C(C)C.Cc1cccnc1C. The number of hydrogen-bond acceptors (Lipinski definition) is 3. The lowest BCUT2D eigenvalue weighted by atomic mass is 10.0. The summed E-state index contributed by atoms with van der Waals surface area (Å²) >= 11 is 0. The quantitative estimate of drug-likeness (QED) is 0.393. The zero-order valence-electron chi connectivity index (χ0n) is 21.7. The van der Waals surface area contributed by atoms with Crippen molar-refractivity contribution in [1.29, 1.82) is 0 Å². The van der Waals surface area contributed by atoms with E-state index in [0.717, 1.165) is 12.1 Å². The summed E-state index contributed by atoms with van der Waals surface area (Å²) in [6.07, 6.45) is 3.64. The predicted octanol–water partition coefficient (Wildman–Crippen LogP) is 8.63. The van der Waals surface area contributed by atoms with E-state index in [-0.39, 0.29) is 11.6 Å². The number of aryl methyl sites for hydroxylation is 3. The average molecular weight is 458 g/mol. The smallest absolute Gasteiger partial charge is 0.261 e. The van der Waals surface area contributed by atoms with Gasteiger partial charge in [-0.3, -0.25) is 15.0 Å². The van der Waals surface area contributed by atoms with Gasteiger partial charge in [0.1, 0.15) is 5.69 Å². The van der Waals surface area contributed by atoms with E-state index in [1.54, 1.807) is 12.1 Å². The summed E-state index contributed by atoms with van der Waals surface area (Å²) in [5.41, 5.74) is 5.54. The molecule has 0 aliphatic rings. The van der Waals surface area contributed by atoms with Crippen LogP contribution in [0, 0.1) is 13.8 Å². The summed E-state index contributed by atoms with van der Waals surface area (Å²) in [6.45, 7) is 18.4. The highest BCUT2D eigenvalue weighted by molar-refractivity contribution is 5.24. The number of pyridine rings is 3. The molecular weight excluding hydrogens is 416 g/mol. The first-order valence-corrected chi connectivity index (χ1v) is 11.7. The molecule has 0 N–H and O–H groups in total. The van der Waals surface area contributed by atoms with Crippen LogP contribution in [-0.4, -0.2) is 15.0 Å². The molecule has 0 bridgehead atoms. The van der Waals surface area contributed by atoms with Gasteiger partial charge >= 0.3 is 0 Å². The maximum absolute atomic E-state index is 12.3. The summed E-state index contributed by atoms with van der Waals surface area (Å²) in [5, 5.41) is 0. The Balaban J connectivity index is 0.000000456. The first-order valence-electron chi connectivity index (χ1n) is 11.7. The van der Waals surface area contributed by atoms with Crippen LogP contribution in [0.5, 0.6) is 0 Å². The molecule has 182 valence electrons. The largest absolute Gasteiger partial charge is 0.280 e. The minimum absolute atomic E-state index is 0.0903. The van der Waals surface area contributed by atoms with Gasteiger partial charge in [-0.05, 0) is 67.0 Å². The first kappa shape index (κ1) is 30.3. The van der Waals surface area contributed by atoms with Crippen molar-refractivity contribution in [3.8, 4) is 0 Å². The van der Waals surface area contributed by atoms with Crippen molar-refractivity contribution in [2.45, 2.75) is 87.0 Å². The fourth-order valence-electron chi connectivity index (χ4n) is 2.94. The summed E-state index contributed by atoms with van der Waals surface area (Å²) in [6, 6.07) is 11.6. The fraction of sp³-hybridized carbons (Fsp3) is 0.464. The lowest BCUT2D eigenvalue weighted by Crippen LogP contribution is -1.99. The van der Waals surface area contributed by atoms with Gasteiger partial charge in [0.15, 0.2) is 0 Å². The van der Waals surface area contributed by atoms with Crippen LogP contribution in [0.4, 0.5) is 8.78 Å². The molecule has 3 heterocycles. The first-order chi connectivity index (χ1) is 15.7. The van der Waals surface area contributed by atoms with Crippen molar-refractivity contribution < 1.29 is 8.78 Å². The molecule has 0 aliphatic heterocycles. The monoisotopic (exact) mass is 457 g/mol. The zero-order chi connectivity index (χ0) is 25.4. The van der Waals surface area contributed by atoms with E-state index in [9.17, 15) is 8.78 Å². The van der Waals surface area contributed by atoms with Crippen LogP contribution in [0.1, 0.15) is 100 Å². The van der Waals surface area contributed by atoms with Crippen molar-refractivity contribution in [3.63, 3.8) is 0 Å². The lowest BCUT2D eigenvalue weighted by Gasteiger charge is -2.09. The van der Waals surface area contributed by atoms with E-state index in [2.05, 4.69) is 54.8 Å². The van der Waals surface area contributed by atoms with E-state index in [1.165, 1.54) is 23.0 Å². The van der Waals surface area contributed by atoms with E-state index in [0.29, 0.717) is 11.5 Å². The molecule has 0 aromatic carbocycles. The number of halogens is 2. The van der Waals surface area contributed by atoms with Crippen LogP contribution in [0.15, 0.2) is 55.0 Å². The van der Waals surface area contributed by atoms with Gasteiger partial charge in [0.05, 0.1) is 0 Å². The van der Waals surface area contributed by atoms with Gasteiger partial charge < -0.3 is 0 Å². The maximum Gasteiger partial charge on any atom is 0.280 e. The van der Waals surface area contributed by atoms with Gasteiger partial charge in [0.2, 0.25) is 0 Å². The van der Waals surface area contributed by atoms with Gasteiger partial charge in [0.25, 0.3) is 6.43 Å². The molecule has 0 saturated carbocycles. The van der Waals surface area contributed by atoms with Crippen molar-refractivity contribution in [3.05, 3.63) is 88.8 Å². The van der Waals surface area contributed by atoms with Crippen LogP contribution in [-0.2, 0) is 6.42 Å². The van der Waals surface area contributed by atoms with Gasteiger partial charge in [-0.15, -0.1) is 0 Å². The standard InChI is InChI=1S/C10H15N.C9H11F2N.C7H9N.C2H6/c1-4-10-9(8(2)3)6-5-7-11-10;1-6(2)7-4-3-5-12-8(7)9(10)11;1-6-4-3-5-8-7(6)2;1-2/h5-8H,4H2,1-3H3;3-6,9H,1-2H3;3-5H,1-2H3;1-2H3. The molecule has 0 saturated heterocycles. The van der Waals surface area contributed by atoms with Crippen molar-refractivity contribution >= 4 is 0 Å². The molecule has 0 fully saturated rings. The Morgan fingerprint density at radius 2 is 1.21 bits per heavy atom. The average Bonchev–Trinajstić information content (AvgIpc) is 2.83. The van der Waals surface area contributed by atoms with E-state index < -0.39 is 6.43 Å². The molecule has 0 atom stereocenters. The Hall–Kier alpha value is -2.69. The van der Waals surface area contributed by atoms with E-state index in [1.807, 2.05) is 59.1 Å². The Bertz CT molecular complexity index is 861. The van der Waals surface area contributed by atoms with Gasteiger partial charge in [0, 0.05) is 30.0 Å². The minimum Gasteiger partial charge on any atom is -0.261 e. The highest BCUT2D eigenvalue weighted by Crippen LogP contribution is 2.25. The second-order valence-corrected chi connectivity index (χ2v) is 7.89. The van der Waals surface area contributed by atoms with Gasteiger partial charge in [-0.25, -0.2) is 8.78 Å². The molecule has 3 nitrogen and oxygen atoms in total. The molecule has 33 heavy (non-hydrogen) atoms. The zero-order valence-corrected chi connectivity index (χ0v) is 21.7.